The Morgan fingerprint density at radius 2 is 2.05 bits per heavy atom. The fourth-order valence-electron chi connectivity index (χ4n) is 1.80. The molecule has 1 unspecified atom stereocenters. The Morgan fingerprint density at radius 3 is 2.74 bits per heavy atom. The topological polar surface area (TPSA) is 35.8 Å². The molecule has 2 aromatic carbocycles. The highest BCUT2D eigenvalue weighted by Crippen LogP contribution is 2.24. The summed E-state index contributed by atoms with van der Waals surface area (Å²) in [6.07, 6.45) is 0. The summed E-state index contributed by atoms with van der Waals surface area (Å²) in [6.45, 7) is 1.93. The third kappa shape index (κ3) is 3.33. The van der Waals surface area contributed by atoms with E-state index in [-0.39, 0.29) is 11.9 Å². The number of hydrogen-bond donors (Lipinski definition) is 1. The van der Waals surface area contributed by atoms with Gasteiger partial charge in [-0.2, -0.15) is 5.26 Å². The number of nitrogens with one attached hydrogen (secondary N) is 1. The number of nitrogens with zero attached hydrogens (tertiary/aromatic N) is 1. The molecule has 0 amide bonds. The lowest BCUT2D eigenvalue weighted by atomic mass is 10.1. The van der Waals surface area contributed by atoms with E-state index < -0.39 is 0 Å². The lowest BCUT2D eigenvalue weighted by molar-refractivity contribution is 0.626. The highest BCUT2D eigenvalue weighted by Gasteiger charge is 2.09. The predicted molar refractivity (Wildman–Crippen MR) is 77.3 cm³/mol. The van der Waals surface area contributed by atoms with Gasteiger partial charge < -0.3 is 5.32 Å². The Morgan fingerprint density at radius 1 is 1.26 bits per heavy atom. The van der Waals surface area contributed by atoms with Crippen LogP contribution in [0.1, 0.15) is 24.1 Å². The van der Waals surface area contributed by atoms with Gasteiger partial charge in [-0.25, -0.2) is 4.39 Å². The molecule has 0 spiro atoms. The van der Waals surface area contributed by atoms with Crippen molar-refractivity contribution in [2.24, 2.45) is 0 Å². The first-order valence-corrected chi connectivity index (χ1v) is 6.61. The van der Waals surface area contributed by atoms with E-state index in [1.807, 2.05) is 19.1 Å². The van der Waals surface area contributed by atoms with E-state index in [0.717, 1.165) is 5.56 Å². The molecule has 4 heteroatoms. The van der Waals surface area contributed by atoms with Crippen LogP contribution < -0.4 is 5.32 Å². The molecule has 0 bridgehead atoms. The average Bonchev–Trinajstić information content (AvgIpc) is 2.42. The van der Waals surface area contributed by atoms with Crippen molar-refractivity contribution in [2.45, 2.75) is 13.0 Å². The Hall–Kier alpha value is -1.86. The van der Waals surface area contributed by atoms with Gasteiger partial charge in [-0.3, -0.25) is 0 Å². The monoisotopic (exact) mass is 318 g/mol. The Balaban J connectivity index is 2.20. The number of hydrogen-bond acceptors (Lipinski definition) is 2. The first kappa shape index (κ1) is 13.6. The third-order valence-corrected chi connectivity index (χ3v) is 3.31. The summed E-state index contributed by atoms with van der Waals surface area (Å²) in [5.74, 6) is -0.308. The van der Waals surface area contributed by atoms with Crippen LogP contribution >= 0.6 is 15.9 Å². The van der Waals surface area contributed by atoms with Crippen LogP contribution in [0.4, 0.5) is 10.1 Å². The molecule has 2 aromatic rings. The molecule has 0 heterocycles. The second-order valence-corrected chi connectivity index (χ2v) is 5.14. The Labute approximate surface area is 120 Å². The van der Waals surface area contributed by atoms with E-state index >= 15 is 0 Å². The molecule has 2 nitrogen and oxygen atoms in total. The number of anilines is 1. The van der Waals surface area contributed by atoms with Crippen LogP contribution in [0.25, 0.3) is 0 Å². The summed E-state index contributed by atoms with van der Waals surface area (Å²) in [6, 6.07) is 14.2. The van der Waals surface area contributed by atoms with Crippen molar-refractivity contribution in [1.29, 1.82) is 5.26 Å². The van der Waals surface area contributed by atoms with Gasteiger partial charge in [0, 0.05) is 10.5 Å². The molecule has 0 aliphatic carbocycles. The minimum absolute atomic E-state index is 0.0797. The van der Waals surface area contributed by atoms with Gasteiger partial charge in [0.1, 0.15) is 5.82 Å². The summed E-state index contributed by atoms with van der Waals surface area (Å²) in [5, 5.41) is 12.0. The van der Waals surface area contributed by atoms with Crippen molar-refractivity contribution in [1.82, 2.24) is 0 Å². The zero-order valence-corrected chi connectivity index (χ0v) is 11.9. The predicted octanol–water partition coefficient (Wildman–Crippen LogP) is 4.63. The molecular weight excluding hydrogens is 307 g/mol. The molecular formula is C15H12BrFN2. The van der Waals surface area contributed by atoms with E-state index in [4.69, 9.17) is 5.26 Å². The van der Waals surface area contributed by atoms with Crippen molar-refractivity contribution >= 4 is 21.6 Å². The summed E-state index contributed by atoms with van der Waals surface area (Å²) < 4.78 is 14.4. The fraction of sp³-hybridized carbons (Fsp3) is 0.133. The zero-order valence-electron chi connectivity index (χ0n) is 10.3. The smallest absolute Gasteiger partial charge is 0.147 e. The maximum absolute atomic E-state index is 13.7. The van der Waals surface area contributed by atoms with E-state index in [0.29, 0.717) is 15.7 Å². The fourth-order valence-corrected chi connectivity index (χ4v) is 2.13. The van der Waals surface area contributed by atoms with Gasteiger partial charge in [-0.1, -0.05) is 28.1 Å². The normalized spacial score (nSPS) is 11.7. The zero-order chi connectivity index (χ0) is 13.8. The van der Waals surface area contributed by atoms with Gasteiger partial charge >= 0.3 is 0 Å². The number of benzene rings is 2. The van der Waals surface area contributed by atoms with Crippen LogP contribution in [0.2, 0.25) is 0 Å². The Kier molecular flexibility index (Phi) is 4.18. The number of nitriles is 1. The molecule has 1 N–H and O–H groups in total. The quantitative estimate of drug-likeness (QED) is 0.895. The van der Waals surface area contributed by atoms with E-state index in [9.17, 15) is 4.39 Å². The van der Waals surface area contributed by atoms with Gasteiger partial charge in [-0.15, -0.1) is 0 Å². The molecule has 0 aromatic heterocycles. The summed E-state index contributed by atoms with van der Waals surface area (Å²) in [7, 11) is 0. The molecule has 0 saturated carbocycles. The SMILES string of the molecule is CC(Nc1ccc(Br)cc1F)c1cccc(C#N)c1. The van der Waals surface area contributed by atoms with Gasteiger partial charge in [0.2, 0.25) is 0 Å². The molecule has 0 aliphatic heterocycles. The molecule has 2 rings (SSSR count). The van der Waals surface area contributed by atoms with Crippen LogP contribution in [0.15, 0.2) is 46.9 Å². The molecule has 96 valence electrons. The van der Waals surface area contributed by atoms with Crippen LogP contribution in [0.3, 0.4) is 0 Å². The summed E-state index contributed by atoms with van der Waals surface area (Å²) in [5.41, 5.74) is 1.99. The van der Waals surface area contributed by atoms with Crippen molar-refractivity contribution in [3.8, 4) is 6.07 Å². The summed E-state index contributed by atoms with van der Waals surface area (Å²) in [4.78, 5) is 0. The molecule has 0 aliphatic rings. The van der Waals surface area contributed by atoms with Crippen LogP contribution in [0, 0.1) is 17.1 Å². The van der Waals surface area contributed by atoms with E-state index in [1.54, 1.807) is 24.3 Å². The minimum atomic E-state index is -0.308. The maximum Gasteiger partial charge on any atom is 0.147 e. The van der Waals surface area contributed by atoms with E-state index in [2.05, 4.69) is 27.3 Å². The standard InChI is InChI=1S/C15H12BrFN2/c1-10(12-4-2-3-11(7-12)9-18)19-15-6-5-13(16)8-14(15)17/h2-8,10,19H,1H3. The molecule has 19 heavy (non-hydrogen) atoms. The number of halogens is 2. The minimum Gasteiger partial charge on any atom is -0.376 e. The van der Waals surface area contributed by atoms with Crippen molar-refractivity contribution in [3.05, 3.63) is 63.9 Å². The second-order valence-electron chi connectivity index (χ2n) is 4.23. The van der Waals surface area contributed by atoms with Crippen LogP contribution in [-0.2, 0) is 0 Å². The molecule has 0 radical (unpaired) electrons. The second kappa shape index (κ2) is 5.85. The van der Waals surface area contributed by atoms with Gasteiger partial charge in [0.05, 0.1) is 17.3 Å². The van der Waals surface area contributed by atoms with Crippen molar-refractivity contribution in [3.63, 3.8) is 0 Å². The van der Waals surface area contributed by atoms with Gasteiger partial charge in [-0.05, 0) is 42.8 Å². The third-order valence-electron chi connectivity index (χ3n) is 2.82. The molecule has 1 atom stereocenters. The van der Waals surface area contributed by atoms with Gasteiger partial charge in [0.25, 0.3) is 0 Å². The highest BCUT2D eigenvalue weighted by atomic mass is 79.9. The van der Waals surface area contributed by atoms with Crippen LogP contribution in [0.5, 0.6) is 0 Å². The molecule has 0 saturated heterocycles. The first-order chi connectivity index (χ1) is 9.10. The average molecular weight is 319 g/mol. The molecule has 0 fully saturated rings. The van der Waals surface area contributed by atoms with Gasteiger partial charge in [0.15, 0.2) is 0 Å². The maximum atomic E-state index is 13.7. The number of rotatable bonds is 3. The van der Waals surface area contributed by atoms with E-state index in [1.165, 1.54) is 6.07 Å². The highest BCUT2D eigenvalue weighted by molar-refractivity contribution is 9.10. The lowest BCUT2D eigenvalue weighted by Gasteiger charge is -2.16. The van der Waals surface area contributed by atoms with Crippen molar-refractivity contribution in [2.75, 3.05) is 5.32 Å². The lowest BCUT2D eigenvalue weighted by Crippen LogP contribution is -2.08. The van der Waals surface area contributed by atoms with Crippen LogP contribution in [-0.4, -0.2) is 0 Å². The largest absolute Gasteiger partial charge is 0.376 e. The Bertz CT molecular complexity index is 634. The van der Waals surface area contributed by atoms with Crippen molar-refractivity contribution < 1.29 is 4.39 Å². The first-order valence-electron chi connectivity index (χ1n) is 5.82. The summed E-state index contributed by atoms with van der Waals surface area (Å²) >= 11 is 3.22.